The molecule has 0 fully saturated rings. The van der Waals surface area contributed by atoms with Gasteiger partial charge < -0.3 is 5.32 Å². The Labute approximate surface area is 121 Å². The summed E-state index contributed by atoms with van der Waals surface area (Å²) in [5, 5.41) is 5.20. The Morgan fingerprint density at radius 2 is 1.89 bits per heavy atom. The summed E-state index contributed by atoms with van der Waals surface area (Å²) in [6, 6.07) is 7.10. The van der Waals surface area contributed by atoms with Crippen molar-refractivity contribution < 1.29 is 0 Å². The van der Waals surface area contributed by atoms with E-state index in [4.69, 9.17) is 34.8 Å². The van der Waals surface area contributed by atoms with E-state index in [0.29, 0.717) is 15.1 Å². The Kier molecular flexibility index (Phi) is 4.33. The predicted molar refractivity (Wildman–Crippen MR) is 77.7 cm³/mol. The number of benzene rings is 1. The van der Waals surface area contributed by atoms with Crippen LogP contribution < -0.4 is 5.32 Å². The zero-order valence-corrected chi connectivity index (χ0v) is 11.9. The first-order valence-electron chi connectivity index (χ1n) is 5.39. The summed E-state index contributed by atoms with van der Waals surface area (Å²) in [5.41, 5.74) is 1.69. The van der Waals surface area contributed by atoms with Crippen molar-refractivity contribution in [1.29, 1.82) is 0 Å². The van der Waals surface area contributed by atoms with Crippen molar-refractivity contribution in [2.45, 2.75) is 13.0 Å². The van der Waals surface area contributed by atoms with E-state index in [1.165, 1.54) is 0 Å². The molecule has 2 nitrogen and oxygen atoms in total. The smallest absolute Gasteiger partial charge is 0.0720 e. The molecule has 1 heterocycles. The molecule has 1 unspecified atom stereocenters. The lowest BCUT2D eigenvalue weighted by molar-refractivity contribution is 0.883. The summed E-state index contributed by atoms with van der Waals surface area (Å²) >= 11 is 18.2. The van der Waals surface area contributed by atoms with E-state index < -0.39 is 0 Å². The van der Waals surface area contributed by atoms with Gasteiger partial charge in [-0.3, -0.25) is 4.98 Å². The lowest BCUT2D eigenvalue weighted by Crippen LogP contribution is -2.07. The molecule has 94 valence electrons. The Hall–Kier alpha value is -0.960. The first-order valence-corrected chi connectivity index (χ1v) is 6.52. The van der Waals surface area contributed by atoms with Crippen LogP contribution in [0.2, 0.25) is 15.1 Å². The molecule has 0 aliphatic heterocycles. The quantitative estimate of drug-likeness (QED) is 0.841. The van der Waals surface area contributed by atoms with Crippen LogP contribution in [0.4, 0.5) is 5.69 Å². The maximum absolute atomic E-state index is 6.15. The normalized spacial score (nSPS) is 12.2. The molecule has 1 atom stereocenters. The fourth-order valence-electron chi connectivity index (χ4n) is 1.64. The average Bonchev–Trinajstić information content (AvgIpc) is 2.35. The molecule has 2 aromatic rings. The Bertz CT molecular complexity index is 558. The molecule has 1 N–H and O–H groups in total. The number of pyridine rings is 1. The van der Waals surface area contributed by atoms with Gasteiger partial charge in [0.1, 0.15) is 0 Å². The molecule has 0 radical (unpaired) electrons. The van der Waals surface area contributed by atoms with Gasteiger partial charge >= 0.3 is 0 Å². The highest BCUT2D eigenvalue weighted by Gasteiger charge is 2.11. The number of rotatable bonds is 3. The SMILES string of the molecule is CC(Nc1cnccc1Cl)c1cc(Cl)ccc1Cl. The number of nitrogens with zero attached hydrogens (tertiary/aromatic N) is 1. The molecule has 0 bridgehead atoms. The summed E-state index contributed by atoms with van der Waals surface area (Å²) in [6.45, 7) is 1.99. The van der Waals surface area contributed by atoms with Crippen molar-refractivity contribution in [3.8, 4) is 0 Å². The summed E-state index contributed by atoms with van der Waals surface area (Å²) in [5.74, 6) is 0. The van der Waals surface area contributed by atoms with Crippen LogP contribution in [0.25, 0.3) is 0 Å². The van der Waals surface area contributed by atoms with Crippen molar-refractivity contribution in [2.24, 2.45) is 0 Å². The molecule has 2 rings (SSSR count). The van der Waals surface area contributed by atoms with Crippen molar-refractivity contribution in [2.75, 3.05) is 5.32 Å². The van der Waals surface area contributed by atoms with Gasteiger partial charge in [-0.1, -0.05) is 34.8 Å². The summed E-state index contributed by atoms with van der Waals surface area (Å²) < 4.78 is 0. The number of nitrogens with one attached hydrogen (secondary N) is 1. The molecule has 0 amide bonds. The lowest BCUT2D eigenvalue weighted by Gasteiger charge is -2.17. The molecular formula is C13H11Cl3N2. The van der Waals surface area contributed by atoms with Crippen molar-refractivity contribution in [3.05, 3.63) is 57.3 Å². The molecule has 5 heteroatoms. The second-order valence-corrected chi connectivity index (χ2v) is 5.14. The van der Waals surface area contributed by atoms with Crippen LogP contribution in [0.15, 0.2) is 36.7 Å². The summed E-state index contributed by atoms with van der Waals surface area (Å²) in [7, 11) is 0. The van der Waals surface area contributed by atoms with Gasteiger partial charge in [-0.2, -0.15) is 0 Å². The maximum Gasteiger partial charge on any atom is 0.0720 e. The van der Waals surface area contributed by atoms with Gasteiger partial charge in [0.05, 0.1) is 22.9 Å². The minimum atomic E-state index is -0.0158. The zero-order valence-electron chi connectivity index (χ0n) is 9.62. The van der Waals surface area contributed by atoms with Gasteiger partial charge in [0.15, 0.2) is 0 Å². The molecular weight excluding hydrogens is 291 g/mol. The van der Waals surface area contributed by atoms with Crippen LogP contribution in [0.1, 0.15) is 18.5 Å². The van der Waals surface area contributed by atoms with E-state index in [9.17, 15) is 0 Å². The van der Waals surface area contributed by atoms with Crippen LogP contribution >= 0.6 is 34.8 Å². The second kappa shape index (κ2) is 5.79. The van der Waals surface area contributed by atoms with E-state index in [2.05, 4.69) is 10.3 Å². The molecule has 0 aliphatic carbocycles. The fourth-order valence-corrected chi connectivity index (χ4v) is 2.26. The number of hydrogen-bond acceptors (Lipinski definition) is 2. The first kappa shape index (κ1) is 13.5. The zero-order chi connectivity index (χ0) is 13.1. The summed E-state index contributed by atoms with van der Waals surface area (Å²) in [4.78, 5) is 4.03. The number of aromatic nitrogens is 1. The van der Waals surface area contributed by atoms with Gasteiger partial charge in [-0.05, 0) is 36.8 Å². The molecule has 0 saturated carbocycles. The molecule has 0 saturated heterocycles. The van der Waals surface area contributed by atoms with Crippen LogP contribution in [0.3, 0.4) is 0 Å². The molecule has 0 aliphatic rings. The summed E-state index contributed by atoms with van der Waals surface area (Å²) in [6.07, 6.45) is 3.32. The number of halogens is 3. The Morgan fingerprint density at radius 3 is 2.61 bits per heavy atom. The van der Waals surface area contributed by atoms with Crippen molar-refractivity contribution in [3.63, 3.8) is 0 Å². The third kappa shape index (κ3) is 3.08. The minimum Gasteiger partial charge on any atom is -0.376 e. The van der Waals surface area contributed by atoms with E-state index in [0.717, 1.165) is 11.3 Å². The standard InChI is InChI=1S/C13H11Cl3N2/c1-8(10-6-9(14)2-3-11(10)15)18-13-7-17-5-4-12(13)16/h2-8,18H,1H3. The molecule has 0 spiro atoms. The van der Waals surface area contributed by atoms with Crippen LogP contribution in [-0.2, 0) is 0 Å². The third-order valence-electron chi connectivity index (χ3n) is 2.56. The van der Waals surface area contributed by atoms with Crippen LogP contribution in [-0.4, -0.2) is 4.98 Å². The number of hydrogen-bond donors (Lipinski definition) is 1. The fraction of sp³-hybridized carbons (Fsp3) is 0.154. The highest BCUT2D eigenvalue weighted by molar-refractivity contribution is 6.34. The molecule has 18 heavy (non-hydrogen) atoms. The Balaban J connectivity index is 2.25. The Morgan fingerprint density at radius 1 is 1.11 bits per heavy atom. The average molecular weight is 302 g/mol. The van der Waals surface area contributed by atoms with E-state index in [1.54, 1.807) is 30.6 Å². The van der Waals surface area contributed by atoms with Crippen LogP contribution in [0.5, 0.6) is 0 Å². The topological polar surface area (TPSA) is 24.9 Å². The monoisotopic (exact) mass is 300 g/mol. The van der Waals surface area contributed by atoms with E-state index in [1.807, 2.05) is 13.0 Å². The lowest BCUT2D eigenvalue weighted by atomic mass is 10.1. The molecule has 1 aromatic heterocycles. The number of anilines is 1. The van der Waals surface area contributed by atoms with Gasteiger partial charge in [0.25, 0.3) is 0 Å². The van der Waals surface area contributed by atoms with Crippen molar-refractivity contribution in [1.82, 2.24) is 4.98 Å². The predicted octanol–water partition coefficient (Wildman–Crippen LogP) is 5.21. The largest absolute Gasteiger partial charge is 0.376 e. The highest BCUT2D eigenvalue weighted by atomic mass is 35.5. The minimum absolute atomic E-state index is 0.0158. The van der Waals surface area contributed by atoms with Crippen LogP contribution in [0, 0.1) is 0 Å². The van der Waals surface area contributed by atoms with Gasteiger partial charge in [0, 0.05) is 16.2 Å². The van der Waals surface area contributed by atoms with Gasteiger partial charge in [-0.15, -0.1) is 0 Å². The maximum atomic E-state index is 6.15. The van der Waals surface area contributed by atoms with E-state index in [-0.39, 0.29) is 6.04 Å². The second-order valence-electron chi connectivity index (χ2n) is 3.89. The van der Waals surface area contributed by atoms with Gasteiger partial charge in [0.2, 0.25) is 0 Å². The third-order valence-corrected chi connectivity index (χ3v) is 3.47. The first-order chi connectivity index (χ1) is 8.58. The highest BCUT2D eigenvalue weighted by Crippen LogP contribution is 2.30. The molecule has 1 aromatic carbocycles. The van der Waals surface area contributed by atoms with E-state index >= 15 is 0 Å². The van der Waals surface area contributed by atoms with Gasteiger partial charge in [-0.25, -0.2) is 0 Å². The van der Waals surface area contributed by atoms with Crippen molar-refractivity contribution >= 4 is 40.5 Å².